The van der Waals surface area contributed by atoms with Crippen molar-refractivity contribution < 1.29 is 9.53 Å². The Hall–Kier alpha value is -1.85. The first kappa shape index (κ1) is 18.5. The highest BCUT2D eigenvalue weighted by molar-refractivity contribution is 9.10. The molecule has 1 N–H and O–H groups in total. The maximum Gasteiger partial charge on any atom is 0.322 e. The van der Waals surface area contributed by atoms with Crippen molar-refractivity contribution in [1.82, 2.24) is 4.90 Å². The first-order chi connectivity index (χ1) is 11.7. The van der Waals surface area contributed by atoms with E-state index in [-0.39, 0.29) is 6.03 Å². The van der Waals surface area contributed by atoms with E-state index in [1.54, 1.807) is 7.11 Å². The summed E-state index contributed by atoms with van der Waals surface area (Å²) in [6.07, 6.45) is 1.85. The number of amides is 2. The Kier molecular flexibility index (Phi) is 7.79. The number of ether oxygens (including phenoxy) is 1. The number of rotatable bonds is 8. The molecule has 128 valence electrons. The van der Waals surface area contributed by atoms with Crippen molar-refractivity contribution in [2.24, 2.45) is 0 Å². The number of benzene rings is 2. The Bertz CT molecular complexity index is 634. The van der Waals surface area contributed by atoms with E-state index in [1.807, 2.05) is 59.5 Å². The van der Waals surface area contributed by atoms with Crippen molar-refractivity contribution in [2.45, 2.75) is 19.4 Å². The van der Waals surface area contributed by atoms with Crippen LogP contribution in [0.4, 0.5) is 10.5 Å². The molecule has 2 rings (SSSR count). The highest BCUT2D eigenvalue weighted by Crippen LogP contribution is 2.17. The summed E-state index contributed by atoms with van der Waals surface area (Å²) in [7, 11) is 1.70. The Labute approximate surface area is 151 Å². The summed E-state index contributed by atoms with van der Waals surface area (Å²) in [5, 5.41) is 2.97. The number of anilines is 1. The lowest BCUT2D eigenvalue weighted by Gasteiger charge is -2.23. The number of carbonyl (C=O) groups excluding carboxylic acids is 1. The van der Waals surface area contributed by atoms with Gasteiger partial charge in [-0.05, 0) is 36.6 Å². The monoisotopic (exact) mass is 390 g/mol. The zero-order chi connectivity index (χ0) is 17.2. The summed E-state index contributed by atoms with van der Waals surface area (Å²) < 4.78 is 6.03. The Balaban J connectivity index is 2.01. The van der Waals surface area contributed by atoms with E-state index in [9.17, 15) is 4.79 Å². The molecule has 0 aromatic heterocycles. The lowest BCUT2D eigenvalue weighted by Crippen LogP contribution is -2.35. The molecule has 0 saturated heterocycles. The third kappa shape index (κ3) is 6.34. The molecule has 0 aliphatic rings. The van der Waals surface area contributed by atoms with E-state index >= 15 is 0 Å². The number of unbranched alkanes of at least 4 members (excludes halogenated alkanes) is 1. The molecule has 2 amide bonds. The van der Waals surface area contributed by atoms with Gasteiger partial charge in [-0.25, -0.2) is 4.79 Å². The fourth-order valence-electron chi connectivity index (χ4n) is 2.37. The van der Waals surface area contributed by atoms with Crippen LogP contribution in [0, 0.1) is 0 Å². The van der Waals surface area contributed by atoms with Gasteiger partial charge in [0.1, 0.15) is 0 Å². The minimum absolute atomic E-state index is 0.0885. The quantitative estimate of drug-likeness (QED) is 0.650. The summed E-state index contributed by atoms with van der Waals surface area (Å²) >= 11 is 3.42. The van der Waals surface area contributed by atoms with Gasteiger partial charge in [-0.3, -0.25) is 0 Å². The maximum absolute atomic E-state index is 12.7. The Morgan fingerprint density at radius 3 is 2.62 bits per heavy atom. The van der Waals surface area contributed by atoms with Crippen molar-refractivity contribution in [1.29, 1.82) is 0 Å². The number of hydrogen-bond acceptors (Lipinski definition) is 2. The van der Waals surface area contributed by atoms with Crippen LogP contribution in [0.1, 0.15) is 18.4 Å². The molecule has 0 aliphatic heterocycles. The summed E-state index contributed by atoms with van der Waals surface area (Å²) in [6.45, 7) is 2.00. The van der Waals surface area contributed by atoms with E-state index in [1.165, 1.54) is 0 Å². The summed E-state index contributed by atoms with van der Waals surface area (Å²) in [6, 6.07) is 17.6. The summed E-state index contributed by atoms with van der Waals surface area (Å²) in [4.78, 5) is 14.5. The van der Waals surface area contributed by atoms with E-state index in [2.05, 4.69) is 21.2 Å². The zero-order valence-corrected chi connectivity index (χ0v) is 15.5. The summed E-state index contributed by atoms with van der Waals surface area (Å²) in [5.74, 6) is 0. The SMILES string of the molecule is COCCCCN(Cc1ccccc1)C(=O)Nc1cccc(Br)c1. The van der Waals surface area contributed by atoms with Crippen LogP contribution in [0.5, 0.6) is 0 Å². The topological polar surface area (TPSA) is 41.6 Å². The molecule has 0 spiro atoms. The van der Waals surface area contributed by atoms with Gasteiger partial charge in [0.2, 0.25) is 0 Å². The first-order valence-electron chi connectivity index (χ1n) is 8.03. The van der Waals surface area contributed by atoms with E-state index in [4.69, 9.17) is 4.74 Å². The molecular formula is C19H23BrN2O2. The first-order valence-corrected chi connectivity index (χ1v) is 8.82. The molecule has 5 heteroatoms. The minimum atomic E-state index is -0.0885. The van der Waals surface area contributed by atoms with Gasteiger partial charge in [0, 0.05) is 37.0 Å². The number of halogens is 1. The molecule has 2 aromatic carbocycles. The lowest BCUT2D eigenvalue weighted by molar-refractivity contribution is 0.182. The van der Waals surface area contributed by atoms with Crippen molar-refractivity contribution in [2.75, 3.05) is 25.6 Å². The molecule has 2 aromatic rings. The van der Waals surface area contributed by atoms with E-state index < -0.39 is 0 Å². The van der Waals surface area contributed by atoms with Crippen molar-refractivity contribution in [3.05, 3.63) is 64.6 Å². The number of methoxy groups -OCH3 is 1. The Morgan fingerprint density at radius 2 is 1.92 bits per heavy atom. The summed E-state index contributed by atoms with van der Waals surface area (Å²) in [5.41, 5.74) is 1.90. The predicted octanol–water partition coefficient (Wildman–Crippen LogP) is 4.91. The van der Waals surface area contributed by atoms with Gasteiger partial charge < -0.3 is 15.0 Å². The molecule has 0 atom stereocenters. The van der Waals surface area contributed by atoms with Crippen molar-refractivity contribution in [3.63, 3.8) is 0 Å². The minimum Gasteiger partial charge on any atom is -0.385 e. The normalized spacial score (nSPS) is 10.4. The highest BCUT2D eigenvalue weighted by Gasteiger charge is 2.14. The standard InChI is InChI=1S/C19H23BrN2O2/c1-24-13-6-5-12-22(15-16-8-3-2-4-9-16)19(23)21-18-11-7-10-17(20)14-18/h2-4,7-11,14H,5-6,12-13,15H2,1H3,(H,21,23). The molecule has 0 heterocycles. The van der Waals surface area contributed by atoms with Gasteiger partial charge in [0.25, 0.3) is 0 Å². The molecule has 0 fully saturated rings. The fourth-order valence-corrected chi connectivity index (χ4v) is 2.77. The molecule has 0 bridgehead atoms. The lowest BCUT2D eigenvalue weighted by atomic mass is 10.2. The average Bonchev–Trinajstić information content (AvgIpc) is 2.58. The molecule has 0 unspecified atom stereocenters. The smallest absolute Gasteiger partial charge is 0.322 e. The van der Waals surface area contributed by atoms with Crippen LogP contribution in [-0.2, 0) is 11.3 Å². The average molecular weight is 391 g/mol. The number of nitrogens with zero attached hydrogens (tertiary/aromatic N) is 1. The number of hydrogen-bond donors (Lipinski definition) is 1. The van der Waals surface area contributed by atoms with Gasteiger partial charge >= 0.3 is 6.03 Å². The second-order valence-corrected chi connectivity index (χ2v) is 6.46. The van der Waals surface area contributed by atoms with Crippen LogP contribution < -0.4 is 5.32 Å². The molecule has 0 radical (unpaired) electrons. The number of carbonyl (C=O) groups is 1. The second-order valence-electron chi connectivity index (χ2n) is 5.55. The molecule has 24 heavy (non-hydrogen) atoms. The highest BCUT2D eigenvalue weighted by atomic mass is 79.9. The predicted molar refractivity (Wildman–Crippen MR) is 101 cm³/mol. The van der Waals surface area contributed by atoms with Crippen molar-refractivity contribution >= 4 is 27.6 Å². The van der Waals surface area contributed by atoms with Crippen LogP contribution >= 0.6 is 15.9 Å². The third-order valence-corrected chi connectivity index (χ3v) is 4.10. The van der Waals surface area contributed by atoms with Crippen LogP contribution in [0.25, 0.3) is 0 Å². The molecule has 0 aliphatic carbocycles. The number of urea groups is 1. The van der Waals surface area contributed by atoms with Gasteiger partial charge in [-0.15, -0.1) is 0 Å². The molecular weight excluding hydrogens is 368 g/mol. The van der Waals surface area contributed by atoms with Gasteiger partial charge in [-0.2, -0.15) is 0 Å². The number of nitrogens with one attached hydrogen (secondary N) is 1. The van der Waals surface area contributed by atoms with Crippen molar-refractivity contribution in [3.8, 4) is 0 Å². The van der Waals surface area contributed by atoms with Crippen LogP contribution in [-0.4, -0.2) is 31.2 Å². The van der Waals surface area contributed by atoms with Gasteiger partial charge in [0.15, 0.2) is 0 Å². The Morgan fingerprint density at radius 1 is 1.12 bits per heavy atom. The third-order valence-electron chi connectivity index (χ3n) is 3.61. The van der Waals surface area contributed by atoms with Crippen LogP contribution in [0.15, 0.2) is 59.1 Å². The largest absolute Gasteiger partial charge is 0.385 e. The molecule has 4 nitrogen and oxygen atoms in total. The van der Waals surface area contributed by atoms with Gasteiger partial charge in [-0.1, -0.05) is 52.3 Å². The van der Waals surface area contributed by atoms with E-state index in [0.717, 1.165) is 28.6 Å². The van der Waals surface area contributed by atoms with E-state index in [0.29, 0.717) is 19.7 Å². The zero-order valence-electron chi connectivity index (χ0n) is 13.9. The van der Waals surface area contributed by atoms with Crippen LogP contribution in [0.2, 0.25) is 0 Å². The van der Waals surface area contributed by atoms with Gasteiger partial charge in [0.05, 0.1) is 0 Å². The second kappa shape index (κ2) is 10.1. The van der Waals surface area contributed by atoms with Crippen LogP contribution in [0.3, 0.4) is 0 Å². The molecule has 0 saturated carbocycles. The fraction of sp³-hybridized carbons (Fsp3) is 0.316. The maximum atomic E-state index is 12.7.